The number of hydrogen-bond donors (Lipinski definition) is 1. The van der Waals surface area contributed by atoms with Gasteiger partial charge < -0.3 is 0 Å². The van der Waals surface area contributed by atoms with Crippen LogP contribution >= 0.6 is 0 Å². The third-order valence-electron chi connectivity index (χ3n) is 4.67. The molecule has 23 heavy (non-hydrogen) atoms. The molecule has 0 aliphatic heterocycles. The van der Waals surface area contributed by atoms with Gasteiger partial charge in [0, 0.05) is 11.9 Å². The van der Waals surface area contributed by atoms with Crippen molar-refractivity contribution in [3.63, 3.8) is 0 Å². The van der Waals surface area contributed by atoms with Crippen LogP contribution < -0.4 is 0 Å². The van der Waals surface area contributed by atoms with Crippen molar-refractivity contribution in [3.05, 3.63) is 64.7 Å². The standard InChI is InChI=1S/C18H21N5/c1-13(14-6-3-2-4-7-14)10-15-11-23(22-19-15)12-18-16-8-5-9-17(16)20-21-18/h2-4,6-7,11,13H,5,8-10,12H2,1H3,(H,20,21)/t13-/m0/s1. The predicted molar refractivity (Wildman–Crippen MR) is 88.3 cm³/mol. The van der Waals surface area contributed by atoms with E-state index >= 15 is 0 Å². The Balaban J connectivity index is 1.44. The summed E-state index contributed by atoms with van der Waals surface area (Å²) >= 11 is 0. The number of fused-ring (bicyclic) bond motifs is 1. The lowest BCUT2D eigenvalue weighted by molar-refractivity contribution is 0.631. The highest BCUT2D eigenvalue weighted by Crippen LogP contribution is 2.23. The first-order valence-corrected chi connectivity index (χ1v) is 8.28. The normalized spacial score (nSPS) is 14.8. The van der Waals surface area contributed by atoms with E-state index in [1.807, 2.05) is 4.68 Å². The van der Waals surface area contributed by atoms with Crippen LogP contribution in [0, 0.1) is 0 Å². The van der Waals surface area contributed by atoms with E-state index in [2.05, 4.69) is 64.0 Å². The van der Waals surface area contributed by atoms with Crippen molar-refractivity contribution in [2.24, 2.45) is 0 Å². The number of benzene rings is 1. The average molecular weight is 307 g/mol. The van der Waals surface area contributed by atoms with Gasteiger partial charge in [0.1, 0.15) is 0 Å². The van der Waals surface area contributed by atoms with E-state index < -0.39 is 0 Å². The SMILES string of the molecule is C[C@@H](Cc1cn(Cc2n[nH]c3c2CCC3)nn1)c1ccccc1. The number of hydrogen-bond acceptors (Lipinski definition) is 3. The third-order valence-corrected chi connectivity index (χ3v) is 4.67. The fraction of sp³-hybridized carbons (Fsp3) is 0.389. The Labute approximate surface area is 135 Å². The molecule has 0 amide bonds. The van der Waals surface area contributed by atoms with Crippen molar-refractivity contribution in [2.75, 3.05) is 0 Å². The Morgan fingerprint density at radius 2 is 2.09 bits per heavy atom. The molecule has 5 nitrogen and oxygen atoms in total. The van der Waals surface area contributed by atoms with Gasteiger partial charge in [-0.3, -0.25) is 5.10 Å². The summed E-state index contributed by atoms with van der Waals surface area (Å²) in [7, 11) is 0. The summed E-state index contributed by atoms with van der Waals surface area (Å²) in [5, 5.41) is 16.2. The summed E-state index contributed by atoms with van der Waals surface area (Å²) in [6.07, 6.45) is 6.44. The van der Waals surface area contributed by atoms with Crippen LogP contribution in [0.15, 0.2) is 36.5 Å². The number of aryl methyl sites for hydroxylation is 1. The van der Waals surface area contributed by atoms with Crippen molar-refractivity contribution < 1.29 is 0 Å². The second kappa shape index (κ2) is 5.99. The first-order chi connectivity index (χ1) is 11.3. The minimum Gasteiger partial charge on any atom is -0.282 e. The zero-order chi connectivity index (χ0) is 15.6. The van der Waals surface area contributed by atoms with Gasteiger partial charge in [0.15, 0.2) is 0 Å². The molecule has 2 heterocycles. The Morgan fingerprint density at radius 3 is 2.96 bits per heavy atom. The summed E-state index contributed by atoms with van der Waals surface area (Å²) in [6.45, 7) is 2.94. The van der Waals surface area contributed by atoms with Crippen molar-refractivity contribution in [1.29, 1.82) is 0 Å². The summed E-state index contributed by atoms with van der Waals surface area (Å²) in [4.78, 5) is 0. The number of nitrogens with zero attached hydrogens (tertiary/aromatic N) is 4. The number of aromatic amines is 1. The monoisotopic (exact) mass is 307 g/mol. The minimum atomic E-state index is 0.441. The molecule has 2 aromatic heterocycles. The Morgan fingerprint density at radius 1 is 1.22 bits per heavy atom. The van der Waals surface area contributed by atoms with Crippen molar-refractivity contribution in [3.8, 4) is 0 Å². The van der Waals surface area contributed by atoms with Gasteiger partial charge in [-0.05, 0) is 42.7 Å². The van der Waals surface area contributed by atoms with Crippen LogP contribution in [0.5, 0.6) is 0 Å². The van der Waals surface area contributed by atoms with Crippen LogP contribution in [-0.2, 0) is 25.8 Å². The van der Waals surface area contributed by atoms with Crippen molar-refractivity contribution in [2.45, 2.75) is 45.1 Å². The second-order valence-corrected chi connectivity index (χ2v) is 6.40. The van der Waals surface area contributed by atoms with Crippen LogP contribution in [0.3, 0.4) is 0 Å². The lowest BCUT2D eigenvalue weighted by Crippen LogP contribution is -2.03. The molecule has 4 rings (SSSR count). The van der Waals surface area contributed by atoms with E-state index in [0.29, 0.717) is 12.5 Å². The van der Waals surface area contributed by atoms with E-state index in [0.717, 1.165) is 30.7 Å². The van der Waals surface area contributed by atoms with Gasteiger partial charge in [0.2, 0.25) is 0 Å². The number of aromatic nitrogens is 5. The average Bonchev–Trinajstić information content (AvgIpc) is 3.28. The molecule has 5 heteroatoms. The number of nitrogens with one attached hydrogen (secondary N) is 1. The summed E-state index contributed by atoms with van der Waals surface area (Å²) < 4.78 is 1.90. The van der Waals surface area contributed by atoms with Gasteiger partial charge in [-0.15, -0.1) is 5.10 Å². The molecule has 1 N–H and O–H groups in total. The zero-order valence-electron chi connectivity index (χ0n) is 13.4. The molecule has 1 aliphatic rings. The van der Waals surface area contributed by atoms with Crippen molar-refractivity contribution >= 4 is 0 Å². The maximum Gasteiger partial charge on any atom is 0.0872 e. The van der Waals surface area contributed by atoms with Crippen LogP contribution in [0.2, 0.25) is 0 Å². The molecule has 1 atom stereocenters. The summed E-state index contributed by atoms with van der Waals surface area (Å²) in [5.74, 6) is 0.441. The molecule has 0 saturated carbocycles. The van der Waals surface area contributed by atoms with Crippen LogP contribution in [-0.4, -0.2) is 25.2 Å². The summed E-state index contributed by atoms with van der Waals surface area (Å²) in [5.41, 5.74) is 6.18. The second-order valence-electron chi connectivity index (χ2n) is 6.40. The van der Waals surface area contributed by atoms with Gasteiger partial charge in [-0.1, -0.05) is 42.5 Å². The molecule has 0 bridgehead atoms. The molecule has 3 aromatic rings. The summed E-state index contributed by atoms with van der Waals surface area (Å²) in [6, 6.07) is 10.6. The van der Waals surface area contributed by atoms with Gasteiger partial charge in [0.25, 0.3) is 0 Å². The Kier molecular flexibility index (Phi) is 3.69. The zero-order valence-corrected chi connectivity index (χ0v) is 13.4. The topological polar surface area (TPSA) is 59.4 Å². The molecule has 0 spiro atoms. The molecule has 0 fully saturated rings. The largest absolute Gasteiger partial charge is 0.282 e. The Hall–Kier alpha value is -2.43. The minimum absolute atomic E-state index is 0.441. The highest BCUT2D eigenvalue weighted by atomic mass is 15.4. The van der Waals surface area contributed by atoms with Gasteiger partial charge in [-0.2, -0.15) is 5.10 Å². The van der Waals surface area contributed by atoms with E-state index in [9.17, 15) is 0 Å². The van der Waals surface area contributed by atoms with E-state index in [4.69, 9.17) is 0 Å². The molecule has 1 aromatic carbocycles. The quantitative estimate of drug-likeness (QED) is 0.788. The van der Waals surface area contributed by atoms with Crippen LogP contribution in [0.4, 0.5) is 0 Å². The lowest BCUT2D eigenvalue weighted by atomic mass is 9.97. The van der Waals surface area contributed by atoms with Gasteiger partial charge in [0.05, 0.1) is 17.9 Å². The fourth-order valence-corrected chi connectivity index (χ4v) is 3.39. The maximum atomic E-state index is 4.44. The predicted octanol–water partition coefficient (Wildman–Crippen LogP) is 2.88. The van der Waals surface area contributed by atoms with Gasteiger partial charge >= 0.3 is 0 Å². The highest BCUT2D eigenvalue weighted by molar-refractivity contribution is 5.29. The Bertz CT molecular complexity index is 787. The van der Waals surface area contributed by atoms with Gasteiger partial charge in [-0.25, -0.2) is 4.68 Å². The number of H-pyrrole nitrogens is 1. The third kappa shape index (κ3) is 2.91. The van der Waals surface area contributed by atoms with E-state index in [1.165, 1.54) is 23.2 Å². The first-order valence-electron chi connectivity index (χ1n) is 8.28. The molecule has 0 radical (unpaired) electrons. The van der Waals surface area contributed by atoms with E-state index in [-0.39, 0.29) is 0 Å². The lowest BCUT2D eigenvalue weighted by Gasteiger charge is -2.09. The molecular weight excluding hydrogens is 286 g/mol. The van der Waals surface area contributed by atoms with Crippen LogP contribution in [0.1, 0.15) is 47.5 Å². The molecular formula is C18H21N5. The van der Waals surface area contributed by atoms with E-state index in [1.54, 1.807) is 0 Å². The number of rotatable bonds is 5. The maximum absolute atomic E-state index is 4.44. The fourth-order valence-electron chi connectivity index (χ4n) is 3.39. The molecule has 0 unspecified atom stereocenters. The molecule has 1 aliphatic carbocycles. The molecule has 0 saturated heterocycles. The van der Waals surface area contributed by atoms with Crippen LogP contribution in [0.25, 0.3) is 0 Å². The highest BCUT2D eigenvalue weighted by Gasteiger charge is 2.19. The van der Waals surface area contributed by atoms with Crippen molar-refractivity contribution in [1.82, 2.24) is 25.2 Å². The first kappa shape index (κ1) is 14.2. The smallest absolute Gasteiger partial charge is 0.0872 e. The molecule has 118 valence electrons.